The van der Waals surface area contributed by atoms with E-state index in [9.17, 15) is 0 Å². The molecular formula is C14H24N2O. The lowest BCUT2D eigenvalue weighted by molar-refractivity contribution is 0.205. The molecule has 0 radical (unpaired) electrons. The average molecular weight is 236 g/mol. The molecule has 0 fully saturated rings. The van der Waals surface area contributed by atoms with Crippen LogP contribution in [0.3, 0.4) is 0 Å². The Morgan fingerprint density at radius 1 is 1.41 bits per heavy atom. The van der Waals surface area contributed by atoms with E-state index >= 15 is 0 Å². The molecule has 0 aromatic carbocycles. The van der Waals surface area contributed by atoms with Crippen LogP contribution in [0, 0.1) is 6.92 Å². The normalized spacial score (nSPS) is 12.4. The molecule has 0 saturated carbocycles. The van der Waals surface area contributed by atoms with Crippen molar-refractivity contribution in [1.29, 1.82) is 0 Å². The lowest BCUT2D eigenvalue weighted by atomic mass is 10.2. The zero-order valence-corrected chi connectivity index (χ0v) is 11.2. The molecule has 0 aliphatic carbocycles. The van der Waals surface area contributed by atoms with Crippen molar-refractivity contribution in [2.75, 3.05) is 13.1 Å². The molecule has 17 heavy (non-hydrogen) atoms. The fraction of sp³-hybridized carbons (Fsp3) is 0.643. The van der Waals surface area contributed by atoms with Gasteiger partial charge in [0.05, 0.1) is 11.8 Å². The standard InChI is InChI=1S/C14H24N2O/c1-4-9-15-10-5-7-12(2)17-14-8-6-11-16-13(14)3/h6,8,11-12,15H,4-5,7,9-10H2,1-3H3. The molecule has 1 rings (SSSR count). The van der Waals surface area contributed by atoms with Crippen LogP contribution in [0.5, 0.6) is 5.75 Å². The van der Waals surface area contributed by atoms with Gasteiger partial charge in [-0.3, -0.25) is 4.98 Å². The molecule has 1 unspecified atom stereocenters. The fourth-order valence-corrected chi connectivity index (χ4v) is 1.69. The second-order valence-corrected chi connectivity index (χ2v) is 4.41. The molecule has 0 aliphatic heterocycles. The smallest absolute Gasteiger partial charge is 0.140 e. The number of ether oxygens (including phenoxy) is 1. The highest BCUT2D eigenvalue weighted by atomic mass is 16.5. The van der Waals surface area contributed by atoms with Gasteiger partial charge in [-0.2, -0.15) is 0 Å². The minimum absolute atomic E-state index is 0.251. The molecule has 1 atom stereocenters. The van der Waals surface area contributed by atoms with Crippen LogP contribution in [0.15, 0.2) is 18.3 Å². The topological polar surface area (TPSA) is 34.1 Å². The van der Waals surface area contributed by atoms with Crippen molar-refractivity contribution in [2.45, 2.75) is 46.1 Å². The van der Waals surface area contributed by atoms with Gasteiger partial charge in [-0.05, 0) is 58.3 Å². The first-order valence-corrected chi connectivity index (χ1v) is 6.53. The molecule has 0 saturated heterocycles. The van der Waals surface area contributed by atoms with Crippen molar-refractivity contribution in [3.05, 3.63) is 24.0 Å². The molecule has 3 heteroatoms. The van der Waals surface area contributed by atoms with E-state index in [-0.39, 0.29) is 6.10 Å². The Hall–Kier alpha value is -1.09. The maximum absolute atomic E-state index is 5.86. The van der Waals surface area contributed by atoms with Crippen molar-refractivity contribution >= 4 is 0 Å². The maximum atomic E-state index is 5.86. The SMILES string of the molecule is CCCNCCCC(C)Oc1cccnc1C. The van der Waals surface area contributed by atoms with Gasteiger partial charge in [0.1, 0.15) is 5.75 Å². The number of pyridine rings is 1. The Labute approximate surface area is 105 Å². The lowest BCUT2D eigenvalue weighted by Gasteiger charge is -2.15. The summed E-state index contributed by atoms with van der Waals surface area (Å²) >= 11 is 0. The molecule has 1 heterocycles. The third-order valence-electron chi connectivity index (χ3n) is 2.68. The van der Waals surface area contributed by atoms with E-state index < -0.39 is 0 Å². The third-order valence-corrected chi connectivity index (χ3v) is 2.68. The van der Waals surface area contributed by atoms with Crippen molar-refractivity contribution in [3.63, 3.8) is 0 Å². The van der Waals surface area contributed by atoms with Gasteiger partial charge in [0.2, 0.25) is 0 Å². The quantitative estimate of drug-likeness (QED) is 0.705. The predicted octanol–water partition coefficient (Wildman–Crippen LogP) is 2.94. The molecular weight excluding hydrogens is 212 g/mol. The van der Waals surface area contributed by atoms with Crippen LogP contribution in [-0.4, -0.2) is 24.2 Å². The molecule has 96 valence electrons. The monoisotopic (exact) mass is 236 g/mol. The highest BCUT2D eigenvalue weighted by Crippen LogP contribution is 2.16. The molecule has 0 aliphatic rings. The highest BCUT2D eigenvalue weighted by Gasteiger charge is 2.05. The second-order valence-electron chi connectivity index (χ2n) is 4.41. The summed E-state index contributed by atoms with van der Waals surface area (Å²) in [5.41, 5.74) is 0.962. The Morgan fingerprint density at radius 2 is 2.24 bits per heavy atom. The first-order chi connectivity index (χ1) is 8.24. The molecule has 0 spiro atoms. The minimum Gasteiger partial charge on any atom is -0.489 e. The number of aromatic nitrogens is 1. The fourth-order valence-electron chi connectivity index (χ4n) is 1.69. The Kier molecular flexibility index (Phi) is 6.63. The van der Waals surface area contributed by atoms with E-state index in [0.29, 0.717) is 0 Å². The molecule has 3 nitrogen and oxygen atoms in total. The number of hydrogen-bond acceptors (Lipinski definition) is 3. The van der Waals surface area contributed by atoms with Crippen LogP contribution in [0.2, 0.25) is 0 Å². The number of nitrogens with zero attached hydrogens (tertiary/aromatic N) is 1. The summed E-state index contributed by atoms with van der Waals surface area (Å²) in [6.45, 7) is 8.46. The summed E-state index contributed by atoms with van der Waals surface area (Å²) in [7, 11) is 0. The number of rotatable bonds is 8. The summed E-state index contributed by atoms with van der Waals surface area (Å²) in [4.78, 5) is 4.22. The summed E-state index contributed by atoms with van der Waals surface area (Å²) in [6, 6.07) is 3.89. The Morgan fingerprint density at radius 3 is 2.94 bits per heavy atom. The van der Waals surface area contributed by atoms with Crippen LogP contribution in [0.25, 0.3) is 0 Å². The predicted molar refractivity (Wildman–Crippen MR) is 71.5 cm³/mol. The van der Waals surface area contributed by atoms with Crippen LogP contribution >= 0.6 is 0 Å². The van der Waals surface area contributed by atoms with Crippen LogP contribution in [0.4, 0.5) is 0 Å². The largest absolute Gasteiger partial charge is 0.489 e. The van der Waals surface area contributed by atoms with Gasteiger partial charge in [-0.1, -0.05) is 6.92 Å². The van der Waals surface area contributed by atoms with E-state index in [0.717, 1.165) is 37.4 Å². The lowest BCUT2D eigenvalue weighted by Crippen LogP contribution is -2.19. The Bertz CT molecular complexity index is 315. The van der Waals surface area contributed by atoms with E-state index in [1.165, 1.54) is 6.42 Å². The van der Waals surface area contributed by atoms with Gasteiger partial charge >= 0.3 is 0 Å². The van der Waals surface area contributed by atoms with Gasteiger partial charge in [-0.15, -0.1) is 0 Å². The van der Waals surface area contributed by atoms with Crippen molar-refractivity contribution in [2.24, 2.45) is 0 Å². The molecule has 0 bridgehead atoms. The van der Waals surface area contributed by atoms with Crippen LogP contribution < -0.4 is 10.1 Å². The van der Waals surface area contributed by atoms with Gasteiger partial charge in [-0.25, -0.2) is 0 Å². The first kappa shape index (κ1) is 14.0. The molecule has 1 aromatic heterocycles. The Balaban J connectivity index is 2.21. The summed E-state index contributed by atoms with van der Waals surface area (Å²) in [6.07, 6.45) is 5.47. The van der Waals surface area contributed by atoms with Crippen molar-refractivity contribution in [3.8, 4) is 5.75 Å². The summed E-state index contributed by atoms with van der Waals surface area (Å²) < 4.78 is 5.86. The summed E-state index contributed by atoms with van der Waals surface area (Å²) in [5.74, 6) is 0.904. The zero-order valence-electron chi connectivity index (χ0n) is 11.2. The molecule has 0 amide bonds. The van der Waals surface area contributed by atoms with Gasteiger partial charge in [0, 0.05) is 6.20 Å². The van der Waals surface area contributed by atoms with Gasteiger partial charge < -0.3 is 10.1 Å². The van der Waals surface area contributed by atoms with E-state index in [1.54, 1.807) is 6.20 Å². The zero-order chi connectivity index (χ0) is 12.5. The van der Waals surface area contributed by atoms with Crippen LogP contribution in [-0.2, 0) is 0 Å². The minimum atomic E-state index is 0.251. The van der Waals surface area contributed by atoms with Crippen molar-refractivity contribution < 1.29 is 4.74 Å². The van der Waals surface area contributed by atoms with Gasteiger partial charge in [0.15, 0.2) is 0 Å². The molecule has 1 N–H and O–H groups in total. The first-order valence-electron chi connectivity index (χ1n) is 6.53. The molecule has 1 aromatic rings. The average Bonchev–Trinajstić information content (AvgIpc) is 2.32. The van der Waals surface area contributed by atoms with E-state index in [2.05, 4.69) is 24.1 Å². The van der Waals surface area contributed by atoms with E-state index in [1.807, 2.05) is 19.1 Å². The summed E-state index contributed by atoms with van der Waals surface area (Å²) in [5, 5.41) is 3.40. The number of hydrogen-bond donors (Lipinski definition) is 1. The number of aryl methyl sites for hydroxylation is 1. The maximum Gasteiger partial charge on any atom is 0.140 e. The highest BCUT2D eigenvalue weighted by molar-refractivity contribution is 5.25. The van der Waals surface area contributed by atoms with Crippen molar-refractivity contribution in [1.82, 2.24) is 10.3 Å². The van der Waals surface area contributed by atoms with Crippen LogP contribution in [0.1, 0.15) is 38.8 Å². The second kappa shape index (κ2) is 8.07. The van der Waals surface area contributed by atoms with E-state index in [4.69, 9.17) is 4.74 Å². The number of nitrogens with one attached hydrogen (secondary N) is 1. The van der Waals surface area contributed by atoms with Gasteiger partial charge in [0.25, 0.3) is 0 Å². The third kappa shape index (κ3) is 5.68.